The highest BCUT2D eigenvalue weighted by atomic mass is 16.2. The summed E-state index contributed by atoms with van der Waals surface area (Å²) < 4.78 is 0. The summed E-state index contributed by atoms with van der Waals surface area (Å²) in [5.41, 5.74) is 2.09. The van der Waals surface area contributed by atoms with Crippen LogP contribution in [0.15, 0.2) is 54.6 Å². The van der Waals surface area contributed by atoms with Crippen molar-refractivity contribution in [3.05, 3.63) is 60.2 Å². The summed E-state index contributed by atoms with van der Waals surface area (Å²) in [7, 11) is 0. The first-order chi connectivity index (χ1) is 13.3. The molecule has 1 atom stereocenters. The number of anilines is 2. The predicted molar refractivity (Wildman–Crippen MR) is 110 cm³/mol. The highest BCUT2D eigenvalue weighted by molar-refractivity contribution is 5.93. The summed E-state index contributed by atoms with van der Waals surface area (Å²) in [4.78, 5) is 35.6. The number of carbonyl (C=O) groups is 3. The van der Waals surface area contributed by atoms with Crippen molar-refractivity contribution in [1.29, 1.82) is 0 Å². The number of hydrogen-bond donors (Lipinski definition) is 4. The van der Waals surface area contributed by atoms with Crippen LogP contribution < -0.4 is 21.3 Å². The van der Waals surface area contributed by atoms with Gasteiger partial charge in [-0.05, 0) is 43.7 Å². The Morgan fingerprint density at radius 1 is 0.821 bits per heavy atom. The first-order valence-corrected chi connectivity index (χ1v) is 9.13. The van der Waals surface area contributed by atoms with Crippen molar-refractivity contribution in [3.63, 3.8) is 0 Å². The lowest BCUT2D eigenvalue weighted by Crippen LogP contribution is -2.34. The Labute approximate surface area is 164 Å². The van der Waals surface area contributed by atoms with Crippen molar-refractivity contribution in [2.45, 2.75) is 39.3 Å². The van der Waals surface area contributed by atoms with E-state index in [9.17, 15) is 14.4 Å². The molecule has 4 amide bonds. The van der Waals surface area contributed by atoms with Crippen molar-refractivity contribution in [2.75, 3.05) is 10.6 Å². The molecular weight excluding hydrogens is 356 g/mol. The van der Waals surface area contributed by atoms with E-state index in [-0.39, 0.29) is 30.3 Å². The second kappa shape index (κ2) is 10.1. The summed E-state index contributed by atoms with van der Waals surface area (Å²) in [5, 5.41) is 11.1. The largest absolute Gasteiger partial charge is 0.349 e. The molecule has 0 saturated heterocycles. The molecule has 7 heteroatoms. The first kappa shape index (κ1) is 21.0. The minimum Gasteiger partial charge on any atom is -0.349 e. The number of amides is 4. The van der Waals surface area contributed by atoms with Crippen LogP contribution in [0.25, 0.3) is 0 Å². The fourth-order valence-corrected chi connectivity index (χ4v) is 2.65. The van der Waals surface area contributed by atoms with E-state index >= 15 is 0 Å². The molecule has 0 heterocycles. The molecule has 2 rings (SSSR count). The zero-order valence-corrected chi connectivity index (χ0v) is 16.3. The maximum Gasteiger partial charge on any atom is 0.319 e. The second-order valence-corrected chi connectivity index (χ2v) is 6.75. The van der Waals surface area contributed by atoms with E-state index in [1.807, 2.05) is 44.2 Å². The lowest BCUT2D eigenvalue weighted by Gasteiger charge is -2.18. The molecule has 2 aromatic rings. The fraction of sp³-hybridized carbons (Fsp3) is 0.286. The van der Waals surface area contributed by atoms with E-state index < -0.39 is 6.04 Å². The topological polar surface area (TPSA) is 99.3 Å². The van der Waals surface area contributed by atoms with Crippen LogP contribution in [0.4, 0.5) is 16.2 Å². The van der Waals surface area contributed by atoms with Gasteiger partial charge >= 0.3 is 6.03 Å². The summed E-state index contributed by atoms with van der Waals surface area (Å²) in [5.74, 6) is -0.419. The highest BCUT2D eigenvalue weighted by Crippen LogP contribution is 2.19. The quantitative estimate of drug-likeness (QED) is 0.590. The van der Waals surface area contributed by atoms with Crippen LogP contribution in [0.2, 0.25) is 0 Å². The highest BCUT2D eigenvalue weighted by Gasteiger charge is 2.17. The third-order valence-electron chi connectivity index (χ3n) is 3.82. The molecule has 0 aliphatic heterocycles. The SMILES string of the molecule is CC(=O)NC(CC(=O)Nc1ccc(NC(=O)NC(C)C)cc1)c1ccccc1. The molecule has 0 radical (unpaired) electrons. The average Bonchev–Trinajstić information content (AvgIpc) is 2.62. The third kappa shape index (κ3) is 7.11. The minimum atomic E-state index is -0.403. The van der Waals surface area contributed by atoms with Gasteiger partial charge in [-0.2, -0.15) is 0 Å². The van der Waals surface area contributed by atoms with Gasteiger partial charge in [-0.3, -0.25) is 9.59 Å². The van der Waals surface area contributed by atoms with Crippen LogP contribution in [-0.4, -0.2) is 23.9 Å². The van der Waals surface area contributed by atoms with E-state index in [2.05, 4.69) is 21.3 Å². The van der Waals surface area contributed by atoms with Crippen LogP contribution in [0.1, 0.15) is 38.8 Å². The normalized spacial score (nSPS) is 11.4. The molecule has 28 heavy (non-hydrogen) atoms. The van der Waals surface area contributed by atoms with Gasteiger partial charge in [-0.25, -0.2) is 4.79 Å². The molecule has 0 saturated carbocycles. The molecule has 0 bridgehead atoms. The van der Waals surface area contributed by atoms with Crippen molar-refractivity contribution < 1.29 is 14.4 Å². The summed E-state index contributed by atoms with van der Waals surface area (Å²) in [6, 6.07) is 15.5. The summed E-state index contributed by atoms with van der Waals surface area (Å²) in [6.45, 7) is 5.18. The van der Waals surface area contributed by atoms with Crippen molar-refractivity contribution >= 4 is 29.2 Å². The van der Waals surface area contributed by atoms with E-state index in [1.165, 1.54) is 6.92 Å². The smallest absolute Gasteiger partial charge is 0.319 e. The second-order valence-electron chi connectivity index (χ2n) is 6.75. The zero-order valence-electron chi connectivity index (χ0n) is 16.3. The number of rotatable bonds is 7. The maximum absolute atomic E-state index is 12.4. The van der Waals surface area contributed by atoms with Crippen LogP contribution >= 0.6 is 0 Å². The molecule has 4 N–H and O–H groups in total. The van der Waals surface area contributed by atoms with E-state index in [0.29, 0.717) is 11.4 Å². The number of urea groups is 1. The molecule has 0 spiro atoms. The lowest BCUT2D eigenvalue weighted by molar-refractivity contribution is -0.120. The van der Waals surface area contributed by atoms with Gasteiger partial charge in [0.2, 0.25) is 11.8 Å². The maximum atomic E-state index is 12.4. The van der Waals surface area contributed by atoms with Gasteiger partial charge in [0.15, 0.2) is 0 Å². The number of carbonyl (C=O) groups excluding carboxylic acids is 3. The first-order valence-electron chi connectivity index (χ1n) is 9.13. The van der Waals surface area contributed by atoms with Crippen LogP contribution in [-0.2, 0) is 9.59 Å². The number of nitrogens with one attached hydrogen (secondary N) is 4. The minimum absolute atomic E-state index is 0.0414. The van der Waals surface area contributed by atoms with Gasteiger partial charge in [0.05, 0.1) is 12.5 Å². The molecular formula is C21H26N4O3. The zero-order chi connectivity index (χ0) is 20.5. The van der Waals surface area contributed by atoms with Gasteiger partial charge in [0.1, 0.15) is 0 Å². The van der Waals surface area contributed by atoms with Crippen molar-refractivity contribution in [2.24, 2.45) is 0 Å². The predicted octanol–water partition coefficient (Wildman–Crippen LogP) is 3.42. The van der Waals surface area contributed by atoms with Crippen LogP contribution in [0, 0.1) is 0 Å². The van der Waals surface area contributed by atoms with E-state index in [0.717, 1.165) is 5.56 Å². The molecule has 0 aliphatic carbocycles. The molecule has 0 aromatic heterocycles. The number of benzene rings is 2. The van der Waals surface area contributed by atoms with Gasteiger partial charge in [0, 0.05) is 24.3 Å². The monoisotopic (exact) mass is 382 g/mol. The Kier molecular flexibility index (Phi) is 7.56. The molecule has 2 aromatic carbocycles. The number of hydrogen-bond acceptors (Lipinski definition) is 3. The Morgan fingerprint density at radius 2 is 1.39 bits per heavy atom. The molecule has 0 fully saturated rings. The van der Waals surface area contributed by atoms with E-state index in [4.69, 9.17) is 0 Å². The Balaban J connectivity index is 1.95. The average molecular weight is 382 g/mol. The Morgan fingerprint density at radius 3 is 1.93 bits per heavy atom. The summed E-state index contributed by atoms with van der Waals surface area (Å²) in [6.07, 6.45) is 0.111. The fourth-order valence-electron chi connectivity index (χ4n) is 2.65. The van der Waals surface area contributed by atoms with Crippen molar-refractivity contribution in [1.82, 2.24) is 10.6 Å². The molecule has 148 valence electrons. The standard InChI is InChI=1S/C21H26N4O3/c1-14(2)22-21(28)25-18-11-9-17(10-12-18)24-20(27)13-19(23-15(3)26)16-7-5-4-6-8-16/h4-12,14,19H,13H2,1-3H3,(H,23,26)(H,24,27)(H2,22,25,28). The molecule has 0 aliphatic rings. The Hall–Kier alpha value is -3.35. The Bertz CT molecular complexity index is 804. The van der Waals surface area contributed by atoms with Gasteiger partial charge < -0.3 is 21.3 Å². The van der Waals surface area contributed by atoms with E-state index in [1.54, 1.807) is 24.3 Å². The van der Waals surface area contributed by atoms with Crippen LogP contribution in [0.5, 0.6) is 0 Å². The van der Waals surface area contributed by atoms with Gasteiger partial charge in [0.25, 0.3) is 0 Å². The molecule has 7 nitrogen and oxygen atoms in total. The van der Waals surface area contributed by atoms with Crippen molar-refractivity contribution in [3.8, 4) is 0 Å². The lowest BCUT2D eigenvalue weighted by atomic mass is 10.0. The third-order valence-corrected chi connectivity index (χ3v) is 3.82. The molecule has 1 unspecified atom stereocenters. The summed E-state index contributed by atoms with van der Waals surface area (Å²) >= 11 is 0. The van der Waals surface area contributed by atoms with Crippen LogP contribution in [0.3, 0.4) is 0 Å². The van der Waals surface area contributed by atoms with Gasteiger partial charge in [-0.1, -0.05) is 30.3 Å². The van der Waals surface area contributed by atoms with Gasteiger partial charge in [-0.15, -0.1) is 0 Å².